The quantitative estimate of drug-likeness (QED) is 0.311. The van der Waals surface area contributed by atoms with Crippen molar-refractivity contribution in [1.82, 2.24) is 15.0 Å². The van der Waals surface area contributed by atoms with Crippen molar-refractivity contribution in [3.8, 4) is 0 Å². The number of nitrogens with one attached hydrogen (secondary N) is 2. The van der Waals surface area contributed by atoms with Crippen molar-refractivity contribution in [1.29, 1.82) is 0 Å². The Bertz CT molecular complexity index is 1210. The molecule has 12 heteroatoms. The minimum Gasteiger partial charge on any atom is -0.462 e. The Morgan fingerprint density at radius 1 is 1.08 bits per heavy atom. The number of carbonyl (C=O) groups excluding carboxylic acids is 2. The van der Waals surface area contributed by atoms with Gasteiger partial charge < -0.3 is 25.0 Å². The highest BCUT2D eigenvalue weighted by Gasteiger charge is 2.18. The molecule has 1 fully saturated rings. The third kappa shape index (κ3) is 7.06. The Morgan fingerprint density at radius 2 is 1.86 bits per heavy atom. The molecule has 1 aliphatic rings. The van der Waals surface area contributed by atoms with Crippen molar-refractivity contribution in [2.75, 3.05) is 54.2 Å². The van der Waals surface area contributed by atoms with E-state index in [1.54, 1.807) is 19.1 Å². The van der Waals surface area contributed by atoms with E-state index in [-0.39, 0.29) is 28.9 Å². The lowest BCUT2D eigenvalue weighted by atomic mass is 10.2. The number of hydrogen-bond donors (Lipinski definition) is 2. The van der Waals surface area contributed by atoms with Crippen LogP contribution in [0.5, 0.6) is 0 Å². The predicted octanol–water partition coefficient (Wildman–Crippen LogP) is 4.01. The summed E-state index contributed by atoms with van der Waals surface area (Å²) in [5.74, 6) is 0.119. The number of para-hydroxylation sites is 1. The lowest BCUT2D eigenvalue weighted by Crippen LogP contribution is -2.37. The van der Waals surface area contributed by atoms with Gasteiger partial charge in [0.1, 0.15) is 0 Å². The van der Waals surface area contributed by atoms with Crippen LogP contribution in [0, 0.1) is 0 Å². The van der Waals surface area contributed by atoms with E-state index in [0.717, 1.165) is 5.69 Å². The molecule has 0 atom stereocenters. The van der Waals surface area contributed by atoms with Gasteiger partial charge in [-0.2, -0.15) is 15.0 Å². The lowest BCUT2D eigenvalue weighted by Gasteiger charge is -2.27. The number of carbonyl (C=O) groups is 2. The summed E-state index contributed by atoms with van der Waals surface area (Å²) < 4.78 is 10.4. The summed E-state index contributed by atoms with van der Waals surface area (Å²) in [6, 6.07) is 14.2. The van der Waals surface area contributed by atoms with Gasteiger partial charge in [0.05, 0.1) is 36.2 Å². The predicted molar refractivity (Wildman–Crippen MR) is 139 cm³/mol. The Hall–Kier alpha value is -3.41. The van der Waals surface area contributed by atoms with Gasteiger partial charge in [-0.25, -0.2) is 4.79 Å². The number of esters is 1. The van der Waals surface area contributed by atoms with Crippen LogP contribution in [-0.4, -0.2) is 65.5 Å². The molecule has 2 heterocycles. The molecule has 2 N–H and O–H groups in total. The third-order valence-electron chi connectivity index (χ3n) is 5.00. The number of thioether (sulfide) groups is 1. The maximum Gasteiger partial charge on any atom is 0.339 e. The summed E-state index contributed by atoms with van der Waals surface area (Å²) in [5.41, 5.74) is 1.46. The smallest absolute Gasteiger partial charge is 0.339 e. The summed E-state index contributed by atoms with van der Waals surface area (Å²) in [6.45, 7) is 4.44. The fourth-order valence-electron chi connectivity index (χ4n) is 3.32. The van der Waals surface area contributed by atoms with Gasteiger partial charge in [-0.05, 0) is 37.3 Å². The fourth-order valence-corrected chi connectivity index (χ4v) is 4.14. The van der Waals surface area contributed by atoms with Gasteiger partial charge in [0.15, 0.2) is 5.16 Å². The SMILES string of the molecule is CCOC(=O)c1cc(NC(=O)CSc2nc(Nc3ccccc3)nc(N3CCOCC3)n2)ccc1Cl. The van der Waals surface area contributed by atoms with Crippen LogP contribution in [0.25, 0.3) is 0 Å². The standard InChI is InChI=1S/C24H25ClN6O4S/c1-2-35-21(33)18-14-17(8-9-19(18)25)26-20(32)15-36-24-29-22(27-16-6-4-3-5-7-16)28-23(30-24)31-10-12-34-13-11-31/h3-9,14H,2,10-13,15H2,1H3,(H,26,32)(H,27,28,29,30). The van der Waals surface area contributed by atoms with Crippen LogP contribution in [0.2, 0.25) is 5.02 Å². The Balaban J connectivity index is 1.46. The van der Waals surface area contributed by atoms with Crippen LogP contribution in [0.3, 0.4) is 0 Å². The van der Waals surface area contributed by atoms with Crippen LogP contribution >= 0.6 is 23.4 Å². The third-order valence-corrected chi connectivity index (χ3v) is 6.18. The molecule has 188 valence electrons. The fraction of sp³-hybridized carbons (Fsp3) is 0.292. The number of benzene rings is 2. The number of nitrogens with zero attached hydrogens (tertiary/aromatic N) is 4. The van der Waals surface area contributed by atoms with Crippen molar-refractivity contribution >= 4 is 58.5 Å². The molecule has 0 aliphatic carbocycles. The van der Waals surface area contributed by atoms with Gasteiger partial charge in [0, 0.05) is 24.5 Å². The zero-order valence-corrected chi connectivity index (χ0v) is 21.1. The van der Waals surface area contributed by atoms with Crippen molar-refractivity contribution < 1.29 is 19.1 Å². The van der Waals surface area contributed by atoms with E-state index >= 15 is 0 Å². The van der Waals surface area contributed by atoms with E-state index in [0.29, 0.717) is 49.0 Å². The molecule has 36 heavy (non-hydrogen) atoms. The summed E-state index contributed by atoms with van der Waals surface area (Å²) in [7, 11) is 0. The van der Waals surface area contributed by atoms with Gasteiger partial charge in [0.2, 0.25) is 17.8 Å². The highest BCUT2D eigenvalue weighted by Crippen LogP contribution is 2.24. The van der Waals surface area contributed by atoms with Crippen LogP contribution in [0.1, 0.15) is 17.3 Å². The highest BCUT2D eigenvalue weighted by molar-refractivity contribution is 7.99. The first-order valence-electron chi connectivity index (χ1n) is 11.3. The largest absolute Gasteiger partial charge is 0.462 e. The monoisotopic (exact) mass is 528 g/mol. The average molecular weight is 529 g/mol. The van der Waals surface area contributed by atoms with Crippen LogP contribution < -0.4 is 15.5 Å². The molecule has 0 unspecified atom stereocenters. The van der Waals surface area contributed by atoms with E-state index in [1.807, 2.05) is 35.2 Å². The highest BCUT2D eigenvalue weighted by atomic mass is 35.5. The van der Waals surface area contributed by atoms with E-state index in [1.165, 1.54) is 17.8 Å². The number of halogens is 1. The summed E-state index contributed by atoms with van der Waals surface area (Å²) in [6.07, 6.45) is 0. The molecule has 1 saturated heterocycles. The normalized spacial score (nSPS) is 13.2. The summed E-state index contributed by atoms with van der Waals surface area (Å²) in [5, 5.41) is 6.62. The second-order valence-corrected chi connectivity index (χ2v) is 8.93. The van der Waals surface area contributed by atoms with Crippen molar-refractivity contribution in [3.63, 3.8) is 0 Å². The van der Waals surface area contributed by atoms with Gasteiger partial charge in [-0.3, -0.25) is 4.79 Å². The number of anilines is 4. The molecule has 1 aromatic heterocycles. The van der Waals surface area contributed by atoms with Gasteiger partial charge >= 0.3 is 5.97 Å². The zero-order chi connectivity index (χ0) is 25.3. The molecular formula is C24H25ClN6O4S. The molecule has 1 amide bonds. The molecule has 10 nitrogen and oxygen atoms in total. The van der Waals surface area contributed by atoms with E-state index in [2.05, 4.69) is 25.6 Å². The number of hydrogen-bond acceptors (Lipinski definition) is 10. The molecule has 3 aromatic rings. The first kappa shape index (κ1) is 25.7. The molecule has 0 radical (unpaired) electrons. The van der Waals surface area contributed by atoms with Gasteiger partial charge in [-0.15, -0.1) is 0 Å². The molecule has 1 aliphatic heterocycles. The second kappa shape index (κ2) is 12.5. The van der Waals surface area contributed by atoms with Crippen LogP contribution in [0.15, 0.2) is 53.7 Å². The zero-order valence-electron chi connectivity index (χ0n) is 19.6. The minimum absolute atomic E-state index is 0.0503. The summed E-state index contributed by atoms with van der Waals surface area (Å²) in [4.78, 5) is 40.4. The Kier molecular flexibility index (Phi) is 8.93. The van der Waals surface area contributed by atoms with E-state index < -0.39 is 5.97 Å². The minimum atomic E-state index is -0.549. The maximum absolute atomic E-state index is 12.6. The molecule has 0 spiro atoms. The summed E-state index contributed by atoms with van der Waals surface area (Å²) >= 11 is 7.28. The number of rotatable bonds is 9. The van der Waals surface area contributed by atoms with Crippen LogP contribution in [0.4, 0.5) is 23.3 Å². The Labute approximate surface area is 217 Å². The van der Waals surface area contributed by atoms with Crippen molar-refractivity contribution in [2.45, 2.75) is 12.1 Å². The number of aromatic nitrogens is 3. The maximum atomic E-state index is 12.6. The number of amides is 1. The van der Waals surface area contributed by atoms with Gasteiger partial charge in [-0.1, -0.05) is 41.6 Å². The molecular weight excluding hydrogens is 504 g/mol. The first-order valence-corrected chi connectivity index (χ1v) is 12.7. The number of morpholine rings is 1. The second-order valence-electron chi connectivity index (χ2n) is 7.58. The lowest BCUT2D eigenvalue weighted by molar-refractivity contribution is -0.113. The van der Waals surface area contributed by atoms with E-state index in [4.69, 9.17) is 21.1 Å². The van der Waals surface area contributed by atoms with Crippen molar-refractivity contribution in [3.05, 3.63) is 59.1 Å². The molecule has 2 aromatic carbocycles. The first-order chi connectivity index (χ1) is 17.5. The molecule has 0 saturated carbocycles. The van der Waals surface area contributed by atoms with Gasteiger partial charge in [0.25, 0.3) is 0 Å². The molecule has 0 bridgehead atoms. The van der Waals surface area contributed by atoms with Crippen LogP contribution in [-0.2, 0) is 14.3 Å². The molecule has 4 rings (SSSR count). The Morgan fingerprint density at radius 3 is 2.61 bits per heavy atom. The van der Waals surface area contributed by atoms with Crippen molar-refractivity contribution in [2.24, 2.45) is 0 Å². The van der Waals surface area contributed by atoms with E-state index in [9.17, 15) is 9.59 Å². The average Bonchev–Trinajstić information content (AvgIpc) is 2.90. The topological polar surface area (TPSA) is 119 Å². The number of ether oxygens (including phenoxy) is 2.